The number of carbonyl (C=O) groups is 2. The minimum atomic E-state index is -1.19. The maximum absolute atomic E-state index is 11.1. The van der Waals surface area contributed by atoms with E-state index in [1.807, 2.05) is 0 Å². The highest BCUT2D eigenvalue weighted by molar-refractivity contribution is 5.94. The molecule has 2 heterocycles. The van der Waals surface area contributed by atoms with Crippen LogP contribution >= 0.6 is 0 Å². The van der Waals surface area contributed by atoms with Crippen molar-refractivity contribution in [2.45, 2.75) is 13.3 Å². The molecule has 6 heteroatoms. The molecule has 2 N–H and O–H groups in total. The topological polar surface area (TPSA) is 91.9 Å². The van der Waals surface area contributed by atoms with E-state index in [2.05, 4.69) is 4.98 Å². The Morgan fingerprint density at radius 3 is 2.71 bits per heavy atom. The molecule has 0 spiro atoms. The van der Waals surface area contributed by atoms with Crippen molar-refractivity contribution in [1.82, 2.24) is 9.38 Å². The fraction of sp³-hybridized carbons (Fsp3) is 0.182. The second-order valence-electron chi connectivity index (χ2n) is 3.67. The number of hydrogen-bond acceptors (Lipinski definition) is 4. The van der Waals surface area contributed by atoms with Crippen LogP contribution in [0.15, 0.2) is 18.2 Å². The first kappa shape index (κ1) is 11.1. The van der Waals surface area contributed by atoms with Gasteiger partial charge in [0.05, 0.1) is 11.9 Å². The number of pyridine rings is 1. The fourth-order valence-electron chi connectivity index (χ4n) is 1.69. The molecule has 0 atom stereocenters. The summed E-state index contributed by atoms with van der Waals surface area (Å²) < 4.78 is 1.27. The van der Waals surface area contributed by atoms with Crippen LogP contribution in [0, 0.1) is 0 Å². The maximum Gasteiger partial charge on any atom is 0.356 e. The van der Waals surface area contributed by atoms with Gasteiger partial charge in [0.2, 0.25) is 0 Å². The smallest absolute Gasteiger partial charge is 0.356 e. The number of carboxylic acids is 1. The van der Waals surface area contributed by atoms with Crippen LogP contribution in [0.4, 0.5) is 0 Å². The molecule has 0 aliphatic heterocycles. The van der Waals surface area contributed by atoms with E-state index >= 15 is 0 Å². The molecule has 17 heavy (non-hydrogen) atoms. The van der Waals surface area contributed by atoms with Crippen molar-refractivity contribution in [2.75, 3.05) is 0 Å². The Morgan fingerprint density at radius 1 is 1.41 bits per heavy atom. The number of rotatable bonds is 3. The van der Waals surface area contributed by atoms with Crippen LogP contribution in [-0.2, 0) is 11.2 Å². The summed E-state index contributed by atoms with van der Waals surface area (Å²) in [6.45, 7) is 1.38. The predicted octanol–water partition coefficient (Wildman–Crippen LogP) is 0.870. The summed E-state index contributed by atoms with van der Waals surface area (Å²) in [5.41, 5.74) is 0.103. The van der Waals surface area contributed by atoms with Crippen LogP contribution in [0.2, 0.25) is 0 Å². The normalized spacial score (nSPS) is 10.6. The van der Waals surface area contributed by atoms with Gasteiger partial charge in [0.1, 0.15) is 11.6 Å². The number of ketones is 1. The van der Waals surface area contributed by atoms with Crippen LogP contribution in [0.5, 0.6) is 5.88 Å². The van der Waals surface area contributed by atoms with Crippen molar-refractivity contribution in [1.29, 1.82) is 0 Å². The maximum atomic E-state index is 11.1. The van der Waals surface area contributed by atoms with E-state index in [0.29, 0.717) is 0 Å². The number of carboxylic acid groups (broad SMARTS) is 1. The van der Waals surface area contributed by atoms with E-state index in [4.69, 9.17) is 5.11 Å². The molecule has 0 aliphatic carbocycles. The Labute approximate surface area is 96.1 Å². The zero-order valence-corrected chi connectivity index (χ0v) is 9.04. The molecular weight excluding hydrogens is 224 g/mol. The van der Waals surface area contributed by atoms with Gasteiger partial charge < -0.3 is 10.2 Å². The number of aromatic hydroxyl groups is 1. The number of fused-ring (bicyclic) bond motifs is 1. The standard InChI is InChI=1S/C11H10N2O4/c1-6(14)5-8-12-10(11(16)17)7-3-2-4-9(15)13(7)8/h2-4,15H,5H2,1H3,(H,16,17). The summed E-state index contributed by atoms with van der Waals surface area (Å²) in [4.78, 5) is 25.9. The monoisotopic (exact) mass is 234 g/mol. The lowest BCUT2D eigenvalue weighted by Gasteiger charge is -2.01. The zero-order chi connectivity index (χ0) is 12.6. The van der Waals surface area contributed by atoms with Crippen molar-refractivity contribution < 1.29 is 19.8 Å². The van der Waals surface area contributed by atoms with Crippen LogP contribution in [-0.4, -0.2) is 31.4 Å². The highest BCUT2D eigenvalue weighted by Gasteiger charge is 2.18. The van der Waals surface area contributed by atoms with Gasteiger partial charge in [-0.1, -0.05) is 6.07 Å². The Balaban J connectivity index is 2.75. The van der Waals surface area contributed by atoms with Gasteiger partial charge in [-0.05, 0) is 19.1 Å². The molecule has 0 aliphatic rings. The van der Waals surface area contributed by atoms with Gasteiger partial charge >= 0.3 is 5.97 Å². The van der Waals surface area contributed by atoms with Gasteiger partial charge in [-0.3, -0.25) is 9.20 Å². The molecule has 0 radical (unpaired) electrons. The number of Topliss-reactive ketones (excluding diaryl/α,β-unsaturated/α-hetero) is 1. The number of imidazole rings is 1. The van der Waals surface area contributed by atoms with Gasteiger partial charge in [0, 0.05) is 0 Å². The Morgan fingerprint density at radius 2 is 2.12 bits per heavy atom. The van der Waals surface area contributed by atoms with Gasteiger partial charge in [-0.15, -0.1) is 0 Å². The SMILES string of the molecule is CC(=O)Cc1nc(C(=O)O)c2cccc(O)n12. The molecule has 2 rings (SSSR count). The number of nitrogens with zero attached hydrogens (tertiary/aromatic N) is 2. The van der Waals surface area contributed by atoms with E-state index in [0.717, 1.165) is 0 Å². The van der Waals surface area contributed by atoms with Crippen molar-refractivity contribution in [3.63, 3.8) is 0 Å². The van der Waals surface area contributed by atoms with Gasteiger partial charge in [-0.25, -0.2) is 9.78 Å². The highest BCUT2D eigenvalue weighted by Crippen LogP contribution is 2.20. The number of aromatic carboxylic acids is 1. The summed E-state index contributed by atoms with van der Waals surface area (Å²) in [5.74, 6) is -1.26. The summed E-state index contributed by atoms with van der Waals surface area (Å²) in [6, 6.07) is 4.46. The Bertz CT molecular complexity index is 615. The summed E-state index contributed by atoms with van der Waals surface area (Å²) in [5, 5.41) is 18.7. The minimum absolute atomic E-state index is 0.0218. The van der Waals surface area contributed by atoms with Crippen molar-refractivity contribution in [2.24, 2.45) is 0 Å². The second-order valence-corrected chi connectivity index (χ2v) is 3.67. The number of carbonyl (C=O) groups excluding carboxylic acids is 1. The molecule has 0 amide bonds. The average Bonchev–Trinajstić information content (AvgIpc) is 2.57. The third-order valence-corrected chi connectivity index (χ3v) is 2.32. The van der Waals surface area contributed by atoms with Crippen molar-refractivity contribution in [3.8, 4) is 5.88 Å². The molecule has 0 bridgehead atoms. The first-order chi connectivity index (χ1) is 8.00. The third kappa shape index (κ3) is 1.84. The Kier molecular flexibility index (Phi) is 2.55. The van der Waals surface area contributed by atoms with Crippen LogP contribution < -0.4 is 0 Å². The molecule has 0 saturated carbocycles. The lowest BCUT2D eigenvalue weighted by molar-refractivity contribution is -0.116. The first-order valence-corrected chi connectivity index (χ1v) is 4.92. The number of hydrogen-bond donors (Lipinski definition) is 2. The van der Waals surface area contributed by atoms with Crippen molar-refractivity contribution >= 4 is 17.3 Å². The minimum Gasteiger partial charge on any atom is -0.494 e. The lowest BCUT2D eigenvalue weighted by atomic mass is 10.3. The highest BCUT2D eigenvalue weighted by atomic mass is 16.4. The molecule has 6 nitrogen and oxygen atoms in total. The molecule has 2 aromatic rings. The molecule has 0 aromatic carbocycles. The lowest BCUT2D eigenvalue weighted by Crippen LogP contribution is -2.02. The predicted molar refractivity (Wildman–Crippen MR) is 58.2 cm³/mol. The third-order valence-electron chi connectivity index (χ3n) is 2.32. The average molecular weight is 234 g/mol. The Hall–Kier alpha value is -2.37. The van der Waals surface area contributed by atoms with Crippen molar-refractivity contribution in [3.05, 3.63) is 29.7 Å². The van der Waals surface area contributed by atoms with Gasteiger partial charge in [0.25, 0.3) is 0 Å². The van der Waals surface area contributed by atoms with E-state index in [9.17, 15) is 14.7 Å². The molecule has 0 saturated heterocycles. The summed E-state index contributed by atoms with van der Waals surface area (Å²) in [6.07, 6.45) is -0.0218. The summed E-state index contributed by atoms with van der Waals surface area (Å²) >= 11 is 0. The van der Waals surface area contributed by atoms with E-state index in [1.165, 1.54) is 29.5 Å². The molecule has 0 unspecified atom stereocenters. The molecule has 2 aromatic heterocycles. The largest absolute Gasteiger partial charge is 0.494 e. The zero-order valence-electron chi connectivity index (χ0n) is 9.04. The first-order valence-electron chi connectivity index (χ1n) is 4.92. The van der Waals surface area contributed by atoms with E-state index in [1.54, 1.807) is 0 Å². The quantitative estimate of drug-likeness (QED) is 0.822. The van der Waals surface area contributed by atoms with E-state index < -0.39 is 5.97 Å². The van der Waals surface area contributed by atoms with E-state index in [-0.39, 0.29) is 35.1 Å². The van der Waals surface area contributed by atoms with Crippen LogP contribution in [0.25, 0.3) is 5.52 Å². The van der Waals surface area contributed by atoms with Gasteiger partial charge in [0.15, 0.2) is 11.6 Å². The fourth-order valence-corrected chi connectivity index (χ4v) is 1.69. The summed E-state index contributed by atoms with van der Waals surface area (Å²) in [7, 11) is 0. The molecule has 0 fully saturated rings. The molecular formula is C11H10N2O4. The number of aromatic nitrogens is 2. The van der Waals surface area contributed by atoms with Crippen LogP contribution in [0.3, 0.4) is 0 Å². The van der Waals surface area contributed by atoms with Crippen LogP contribution in [0.1, 0.15) is 23.2 Å². The second kappa shape index (κ2) is 3.89. The molecule has 88 valence electrons. The van der Waals surface area contributed by atoms with Gasteiger partial charge in [-0.2, -0.15) is 0 Å².